The third-order valence-electron chi connectivity index (χ3n) is 3.16. The molecule has 0 spiro atoms. The van der Waals surface area contributed by atoms with Gasteiger partial charge in [0.1, 0.15) is 11.5 Å². The number of phenols is 1. The van der Waals surface area contributed by atoms with Crippen LogP contribution in [0.25, 0.3) is 0 Å². The Labute approximate surface area is 149 Å². The maximum Gasteiger partial charge on any atom is 0.277 e. The van der Waals surface area contributed by atoms with Crippen molar-refractivity contribution in [3.05, 3.63) is 57.1 Å². The molecule has 0 heterocycles. The summed E-state index contributed by atoms with van der Waals surface area (Å²) in [5.41, 5.74) is 4.46. The number of benzene rings is 2. The molecule has 0 bridgehead atoms. The zero-order valence-electron chi connectivity index (χ0n) is 13.1. The summed E-state index contributed by atoms with van der Waals surface area (Å²) in [5.74, 6) is 0.139. The van der Waals surface area contributed by atoms with Crippen molar-refractivity contribution < 1.29 is 14.6 Å². The Morgan fingerprint density at radius 1 is 1.25 bits per heavy atom. The van der Waals surface area contributed by atoms with E-state index < -0.39 is 5.91 Å². The average molecular weight is 367 g/mol. The molecule has 0 aliphatic heterocycles. The first-order valence-corrected chi connectivity index (χ1v) is 7.82. The zero-order valence-corrected chi connectivity index (χ0v) is 14.6. The van der Waals surface area contributed by atoms with Gasteiger partial charge in [0.05, 0.1) is 6.21 Å². The second-order valence-electron chi connectivity index (χ2n) is 5.16. The molecule has 5 nitrogen and oxygen atoms in total. The summed E-state index contributed by atoms with van der Waals surface area (Å²) in [5, 5.41) is 14.5. The van der Waals surface area contributed by atoms with Crippen LogP contribution in [-0.4, -0.2) is 23.8 Å². The lowest BCUT2D eigenvalue weighted by atomic mass is 10.1. The Hall–Kier alpha value is -2.24. The van der Waals surface area contributed by atoms with Crippen LogP contribution >= 0.6 is 23.2 Å². The second-order valence-corrected chi connectivity index (χ2v) is 5.97. The smallest absolute Gasteiger partial charge is 0.277 e. The van der Waals surface area contributed by atoms with Crippen LogP contribution in [-0.2, 0) is 4.79 Å². The van der Waals surface area contributed by atoms with Gasteiger partial charge in [-0.05, 0) is 55.3 Å². The maximum absolute atomic E-state index is 11.7. The molecule has 24 heavy (non-hydrogen) atoms. The molecule has 2 aromatic rings. The van der Waals surface area contributed by atoms with E-state index in [1.807, 2.05) is 13.8 Å². The van der Waals surface area contributed by atoms with Crippen LogP contribution in [0.4, 0.5) is 0 Å². The molecule has 2 rings (SSSR count). The Bertz CT molecular complexity index is 768. The number of nitrogens with one attached hydrogen (secondary N) is 1. The number of rotatable bonds is 5. The highest BCUT2D eigenvalue weighted by Gasteiger charge is 2.06. The lowest BCUT2D eigenvalue weighted by molar-refractivity contribution is -0.123. The quantitative estimate of drug-likeness (QED) is 0.623. The van der Waals surface area contributed by atoms with Crippen molar-refractivity contribution in [2.45, 2.75) is 13.8 Å². The van der Waals surface area contributed by atoms with E-state index in [0.29, 0.717) is 21.4 Å². The minimum Gasteiger partial charge on any atom is -0.507 e. The van der Waals surface area contributed by atoms with Gasteiger partial charge in [0.25, 0.3) is 5.91 Å². The number of aryl methyl sites for hydroxylation is 2. The molecule has 0 unspecified atom stereocenters. The highest BCUT2D eigenvalue weighted by atomic mass is 35.5. The minimum absolute atomic E-state index is 0.0146. The molecule has 2 N–H and O–H groups in total. The molecular weight excluding hydrogens is 351 g/mol. The lowest BCUT2D eigenvalue weighted by Crippen LogP contribution is -2.24. The Morgan fingerprint density at radius 2 is 1.92 bits per heavy atom. The molecule has 0 radical (unpaired) electrons. The third-order valence-corrected chi connectivity index (χ3v) is 3.99. The van der Waals surface area contributed by atoms with Crippen molar-refractivity contribution in [1.29, 1.82) is 0 Å². The Balaban J connectivity index is 1.90. The van der Waals surface area contributed by atoms with E-state index in [-0.39, 0.29) is 12.4 Å². The van der Waals surface area contributed by atoms with Crippen molar-refractivity contribution in [3.63, 3.8) is 0 Å². The molecule has 0 fully saturated rings. The number of carbonyl (C=O) groups excluding carboxylic acids is 1. The van der Waals surface area contributed by atoms with E-state index >= 15 is 0 Å². The summed E-state index contributed by atoms with van der Waals surface area (Å²) in [6, 6.07) is 8.05. The molecule has 0 saturated heterocycles. The van der Waals surface area contributed by atoms with Gasteiger partial charge in [-0.25, -0.2) is 5.43 Å². The normalized spacial score (nSPS) is 10.8. The molecule has 0 saturated carbocycles. The van der Waals surface area contributed by atoms with E-state index in [4.69, 9.17) is 27.9 Å². The summed E-state index contributed by atoms with van der Waals surface area (Å²) < 4.78 is 5.41. The molecule has 7 heteroatoms. The predicted octanol–water partition coefficient (Wildman–Crippen LogP) is 3.84. The van der Waals surface area contributed by atoms with Gasteiger partial charge in [-0.1, -0.05) is 23.2 Å². The molecule has 1 amide bonds. The number of carbonyl (C=O) groups is 1. The van der Waals surface area contributed by atoms with Crippen molar-refractivity contribution in [2.24, 2.45) is 5.10 Å². The standard InChI is InChI=1S/C17H16Cl2N2O3/c1-10-5-14(6-11(2)17(10)19)24-9-16(23)21-20-8-12-7-13(18)3-4-15(12)22/h3-8,22H,9H2,1-2H3,(H,21,23)/b20-8-. The second kappa shape index (κ2) is 8.04. The first kappa shape index (κ1) is 18.1. The zero-order chi connectivity index (χ0) is 17.7. The van der Waals surface area contributed by atoms with E-state index in [2.05, 4.69) is 10.5 Å². The van der Waals surface area contributed by atoms with E-state index in [9.17, 15) is 9.90 Å². The first-order chi connectivity index (χ1) is 11.4. The van der Waals surface area contributed by atoms with Crippen LogP contribution in [0.15, 0.2) is 35.4 Å². The highest BCUT2D eigenvalue weighted by Crippen LogP contribution is 2.25. The van der Waals surface area contributed by atoms with Crippen LogP contribution in [0.3, 0.4) is 0 Å². The molecule has 0 aliphatic carbocycles. The number of ether oxygens (including phenoxy) is 1. The van der Waals surface area contributed by atoms with Gasteiger partial charge in [0.15, 0.2) is 6.61 Å². The fourth-order valence-electron chi connectivity index (χ4n) is 1.97. The molecule has 0 atom stereocenters. The number of phenolic OH excluding ortho intramolecular Hbond substituents is 1. The molecule has 2 aromatic carbocycles. The van der Waals surface area contributed by atoms with Gasteiger partial charge in [-0.2, -0.15) is 5.10 Å². The minimum atomic E-state index is -0.432. The summed E-state index contributed by atoms with van der Waals surface area (Å²) in [7, 11) is 0. The largest absolute Gasteiger partial charge is 0.507 e. The van der Waals surface area contributed by atoms with Crippen molar-refractivity contribution in [1.82, 2.24) is 5.43 Å². The number of hydrazone groups is 1. The van der Waals surface area contributed by atoms with E-state index in [1.165, 1.54) is 18.3 Å². The topological polar surface area (TPSA) is 70.9 Å². The SMILES string of the molecule is Cc1cc(OCC(=O)N/N=C\c2cc(Cl)ccc2O)cc(C)c1Cl. The van der Waals surface area contributed by atoms with Crippen LogP contribution < -0.4 is 10.2 Å². The average Bonchev–Trinajstić information content (AvgIpc) is 2.53. The van der Waals surface area contributed by atoms with E-state index in [0.717, 1.165) is 11.1 Å². The summed E-state index contributed by atoms with van der Waals surface area (Å²) >= 11 is 11.9. The summed E-state index contributed by atoms with van der Waals surface area (Å²) in [4.78, 5) is 11.7. The van der Waals surface area contributed by atoms with Crippen molar-refractivity contribution in [2.75, 3.05) is 6.61 Å². The molecular formula is C17H16Cl2N2O3. The van der Waals surface area contributed by atoms with Gasteiger partial charge in [0, 0.05) is 15.6 Å². The van der Waals surface area contributed by atoms with Crippen LogP contribution in [0, 0.1) is 13.8 Å². The van der Waals surface area contributed by atoms with Gasteiger partial charge in [-0.15, -0.1) is 0 Å². The Kier molecular flexibility index (Phi) is 6.06. The first-order valence-electron chi connectivity index (χ1n) is 7.07. The van der Waals surface area contributed by atoms with Gasteiger partial charge < -0.3 is 9.84 Å². The van der Waals surface area contributed by atoms with Crippen LogP contribution in [0.1, 0.15) is 16.7 Å². The molecule has 0 aromatic heterocycles. The predicted molar refractivity (Wildman–Crippen MR) is 95.3 cm³/mol. The van der Waals surface area contributed by atoms with Crippen molar-refractivity contribution >= 4 is 35.3 Å². The van der Waals surface area contributed by atoms with Gasteiger partial charge in [0.2, 0.25) is 0 Å². The summed E-state index contributed by atoms with van der Waals surface area (Å²) in [6.07, 6.45) is 1.30. The van der Waals surface area contributed by atoms with Crippen molar-refractivity contribution in [3.8, 4) is 11.5 Å². The van der Waals surface area contributed by atoms with Gasteiger partial charge in [-0.3, -0.25) is 4.79 Å². The fraction of sp³-hybridized carbons (Fsp3) is 0.176. The van der Waals surface area contributed by atoms with Gasteiger partial charge >= 0.3 is 0 Å². The van der Waals surface area contributed by atoms with Crippen LogP contribution in [0.5, 0.6) is 11.5 Å². The highest BCUT2D eigenvalue weighted by molar-refractivity contribution is 6.32. The third kappa shape index (κ3) is 4.88. The number of halogens is 2. The molecule has 0 aliphatic rings. The number of amides is 1. The number of hydrogen-bond acceptors (Lipinski definition) is 4. The summed E-state index contributed by atoms with van der Waals surface area (Å²) in [6.45, 7) is 3.54. The number of hydrogen-bond donors (Lipinski definition) is 2. The van der Waals surface area contributed by atoms with Crippen LogP contribution in [0.2, 0.25) is 10.0 Å². The lowest BCUT2D eigenvalue weighted by Gasteiger charge is -2.09. The maximum atomic E-state index is 11.7. The number of aromatic hydroxyl groups is 1. The Morgan fingerprint density at radius 3 is 2.58 bits per heavy atom. The molecule has 126 valence electrons. The monoisotopic (exact) mass is 366 g/mol. The fourth-order valence-corrected chi connectivity index (χ4v) is 2.26. The van der Waals surface area contributed by atoms with E-state index in [1.54, 1.807) is 18.2 Å². The number of nitrogens with zero attached hydrogens (tertiary/aromatic N) is 1.